The maximum Gasteiger partial charge on any atom is 0.0648 e. The van der Waals surface area contributed by atoms with E-state index in [1.807, 2.05) is 6.08 Å². The van der Waals surface area contributed by atoms with Gasteiger partial charge in [-0.15, -0.1) is 6.58 Å². The number of allylic oxidation sites excluding steroid dienone is 1. The first-order valence-corrected chi connectivity index (χ1v) is 8.09. The summed E-state index contributed by atoms with van der Waals surface area (Å²) in [6, 6.07) is 21.5. The van der Waals surface area contributed by atoms with E-state index >= 15 is 0 Å². The number of hydrogen-bond acceptors (Lipinski definition) is 2. The lowest BCUT2D eigenvalue weighted by Crippen LogP contribution is -2.44. The standard InChI is InChI=1S/C21H23NO/c1-2-9-19(16-23)20-14-22(15-20)21(17-10-5-3-6-11-17)18-12-7-4-8-13-18/h2-8,10-13,21,23H,1,9,14-16H2. The highest BCUT2D eigenvalue weighted by molar-refractivity contribution is 5.36. The van der Waals surface area contributed by atoms with E-state index in [4.69, 9.17) is 0 Å². The van der Waals surface area contributed by atoms with Crippen LogP contribution in [0.2, 0.25) is 0 Å². The van der Waals surface area contributed by atoms with Crippen LogP contribution < -0.4 is 0 Å². The molecule has 1 saturated heterocycles. The number of rotatable bonds is 6. The van der Waals surface area contributed by atoms with E-state index in [0.717, 1.165) is 25.1 Å². The van der Waals surface area contributed by atoms with Gasteiger partial charge in [0, 0.05) is 13.1 Å². The molecule has 1 heterocycles. The van der Waals surface area contributed by atoms with Crippen molar-refractivity contribution < 1.29 is 5.11 Å². The Bertz CT molecular complexity index is 628. The van der Waals surface area contributed by atoms with Gasteiger partial charge in [0.05, 0.1) is 12.6 Å². The topological polar surface area (TPSA) is 23.5 Å². The summed E-state index contributed by atoms with van der Waals surface area (Å²) < 4.78 is 0. The molecule has 2 heteroatoms. The summed E-state index contributed by atoms with van der Waals surface area (Å²) in [4.78, 5) is 2.46. The molecular weight excluding hydrogens is 282 g/mol. The smallest absolute Gasteiger partial charge is 0.0648 e. The fourth-order valence-corrected chi connectivity index (χ4v) is 3.23. The zero-order valence-corrected chi connectivity index (χ0v) is 13.4. The molecule has 118 valence electrons. The summed E-state index contributed by atoms with van der Waals surface area (Å²) in [5.74, 6) is 0. The number of nitrogens with zero attached hydrogens (tertiary/aromatic N) is 1. The molecule has 23 heavy (non-hydrogen) atoms. The largest absolute Gasteiger partial charge is 0.392 e. The molecule has 0 bridgehead atoms. The predicted molar refractivity (Wildman–Crippen MR) is 95.2 cm³/mol. The minimum Gasteiger partial charge on any atom is -0.392 e. The van der Waals surface area contributed by atoms with E-state index < -0.39 is 0 Å². The minimum absolute atomic E-state index is 0.135. The molecule has 0 saturated carbocycles. The highest BCUT2D eigenvalue weighted by atomic mass is 16.3. The second-order valence-corrected chi connectivity index (χ2v) is 5.99. The Balaban J connectivity index is 1.86. The van der Waals surface area contributed by atoms with Crippen molar-refractivity contribution in [2.75, 3.05) is 19.7 Å². The first kappa shape index (κ1) is 15.7. The van der Waals surface area contributed by atoms with Gasteiger partial charge in [0.2, 0.25) is 0 Å². The van der Waals surface area contributed by atoms with Crippen molar-refractivity contribution >= 4 is 0 Å². The van der Waals surface area contributed by atoms with Crippen LogP contribution in [0.25, 0.3) is 0 Å². The van der Waals surface area contributed by atoms with E-state index in [1.54, 1.807) is 0 Å². The number of hydrogen-bond donors (Lipinski definition) is 1. The number of benzene rings is 2. The highest BCUT2D eigenvalue weighted by Crippen LogP contribution is 2.35. The van der Waals surface area contributed by atoms with Crippen molar-refractivity contribution in [3.63, 3.8) is 0 Å². The number of aliphatic hydroxyl groups is 1. The van der Waals surface area contributed by atoms with Gasteiger partial charge >= 0.3 is 0 Å². The fraction of sp³-hybridized carbons (Fsp3) is 0.238. The van der Waals surface area contributed by atoms with Crippen LogP contribution in [0.4, 0.5) is 0 Å². The van der Waals surface area contributed by atoms with Crippen LogP contribution in [0.3, 0.4) is 0 Å². The fourth-order valence-electron chi connectivity index (χ4n) is 3.23. The van der Waals surface area contributed by atoms with Crippen LogP contribution in [0.1, 0.15) is 23.6 Å². The Morgan fingerprint density at radius 3 is 1.96 bits per heavy atom. The Morgan fingerprint density at radius 2 is 1.52 bits per heavy atom. The summed E-state index contributed by atoms with van der Waals surface area (Å²) in [5, 5.41) is 9.53. The van der Waals surface area contributed by atoms with Gasteiger partial charge in [-0.25, -0.2) is 0 Å². The van der Waals surface area contributed by atoms with E-state index in [9.17, 15) is 5.11 Å². The second-order valence-electron chi connectivity index (χ2n) is 5.99. The van der Waals surface area contributed by atoms with Gasteiger partial charge in [0.15, 0.2) is 0 Å². The lowest BCUT2D eigenvalue weighted by atomic mass is 9.90. The molecule has 1 aliphatic heterocycles. The Labute approximate surface area is 138 Å². The molecule has 0 unspecified atom stereocenters. The average Bonchev–Trinajstić information content (AvgIpc) is 2.58. The zero-order chi connectivity index (χ0) is 16.1. The number of likely N-dealkylation sites (tertiary alicyclic amines) is 1. The monoisotopic (exact) mass is 305 g/mol. The lowest BCUT2D eigenvalue weighted by molar-refractivity contribution is 0.195. The van der Waals surface area contributed by atoms with Crippen molar-refractivity contribution in [2.45, 2.75) is 12.5 Å². The molecule has 2 nitrogen and oxygen atoms in total. The van der Waals surface area contributed by atoms with E-state index in [2.05, 4.69) is 72.1 Å². The van der Waals surface area contributed by atoms with E-state index in [-0.39, 0.29) is 12.6 Å². The van der Waals surface area contributed by atoms with E-state index in [0.29, 0.717) is 0 Å². The molecule has 2 aromatic rings. The predicted octanol–water partition coefficient (Wildman–Crippen LogP) is 3.96. The van der Waals surface area contributed by atoms with Crippen LogP contribution in [-0.4, -0.2) is 29.7 Å². The van der Waals surface area contributed by atoms with Crippen LogP contribution in [0.5, 0.6) is 0 Å². The molecule has 3 rings (SSSR count). The molecule has 1 aliphatic rings. The van der Waals surface area contributed by atoms with Gasteiger partial charge in [-0.2, -0.15) is 0 Å². The molecule has 0 spiro atoms. The summed E-state index contributed by atoms with van der Waals surface area (Å²) in [6.07, 6.45) is 2.65. The lowest BCUT2D eigenvalue weighted by Gasteiger charge is -2.42. The molecular formula is C21H23NO. The van der Waals surface area contributed by atoms with Crippen molar-refractivity contribution in [1.29, 1.82) is 0 Å². The third-order valence-electron chi connectivity index (χ3n) is 4.47. The first-order chi connectivity index (χ1) is 11.3. The summed E-state index contributed by atoms with van der Waals surface area (Å²) >= 11 is 0. The van der Waals surface area contributed by atoms with Gasteiger partial charge < -0.3 is 5.11 Å². The van der Waals surface area contributed by atoms with Crippen LogP contribution in [-0.2, 0) is 0 Å². The van der Waals surface area contributed by atoms with Crippen molar-refractivity contribution in [1.82, 2.24) is 4.90 Å². The summed E-state index contributed by atoms with van der Waals surface area (Å²) in [6.45, 7) is 5.74. The zero-order valence-electron chi connectivity index (χ0n) is 13.4. The van der Waals surface area contributed by atoms with Gasteiger partial charge in [0.25, 0.3) is 0 Å². The van der Waals surface area contributed by atoms with Gasteiger partial charge in [-0.3, -0.25) is 4.90 Å². The van der Waals surface area contributed by atoms with Crippen LogP contribution in [0.15, 0.2) is 84.5 Å². The molecule has 1 N–H and O–H groups in total. The maximum atomic E-state index is 9.53. The molecule has 0 radical (unpaired) electrons. The summed E-state index contributed by atoms with van der Waals surface area (Å²) in [5.41, 5.74) is 5.10. The molecule has 1 fully saturated rings. The normalized spacial score (nSPS) is 14.6. The third kappa shape index (κ3) is 3.44. The van der Waals surface area contributed by atoms with Gasteiger partial charge in [0.1, 0.15) is 0 Å². The Kier molecular flexibility index (Phi) is 5.06. The Hall–Kier alpha value is -2.16. The molecule has 2 aromatic carbocycles. The maximum absolute atomic E-state index is 9.53. The first-order valence-electron chi connectivity index (χ1n) is 8.09. The van der Waals surface area contributed by atoms with Crippen LogP contribution in [0, 0.1) is 0 Å². The number of aliphatic hydroxyl groups excluding tert-OH is 1. The minimum atomic E-state index is 0.135. The SMILES string of the molecule is C=CCC(CO)=C1CN(C(c2ccccc2)c2ccccc2)C1. The Morgan fingerprint density at radius 1 is 1.00 bits per heavy atom. The quantitative estimate of drug-likeness (QED) is 0.817. The van der Waals surface area contributed by atoms with Crippen molar-refractivity contribution in [3.05, 3.63) is 95.6 Å². The highest BCUT2D eigenvalue weighted by Gasteiger charge is 2.31. The van der Waals surface area contributed by atoms with Gasteiger partial charge in [-0.1, -0.05) is 66.7 Å². The van der Waals surface area contributed by atoms with Crippen LogP contribution >= 0.6 is 0 Å². The summed E-state index contributed by atoms with van der Waals surface area (Å²) in [7, 11) is 0. The van der Waals surface area contributed by atoms with Gasteiger partial charge in [-0.05, 0) is 28.7 Å². The van der Waals surface area contributed by atoms with E-state index in [1.165, 1.54) is 16.7 Å². The van der Waals surface area contributed by atoms with Crippen molar-refractivity contribution in [2.24, 2.45) is 0 Å². The second kappa shape index (κ2) is 7.40. The average molecular weight is 305 g/mol. The third-order valence-corrected chi connectivity index (χ3v) is 4.47. The molecule has 0 atom stereocenters. The van der Waals surface area contributed by atoms with Crippen molar-refractivity contribution in [3.8, 4) is 0 Å². The molecule has 0 aromatic heterocycles. The molecule has 0 aliphatic carbocycles. The molecule has 0 amide bonds.